The molecule has 0 aromatic rings. The molecule has 12 nitrogen and oxygen atoms in total. The molecule has 15 heteroatoms. The topological polar surface area (TPSA) is 148 Å². The molecule has 2 N–H and O–H groups in total. The van der Waals surface area contributed by atoms with Crippen molar-refractivity contribution < 1.29 is 57.1 Å². The Morgan fingerprint density at radius 3 is 1.61 bits per heavy atom. The summed E-state index contributed by atoms with van der Waals surface area (Å²) >= 11 is 4.74. The second kappa shape index (κ2) is 31.6. The van der Waals surface area contributed by atoms with Crippen LogP contribution in [0.15, 0.2) is 47.6 Å². The molecule has 70 heavy (non-hydrogen) atoms. The van der Waals surface area contributed by atoms with Crippen molar-refractivity contribution in [3.63, 3.8) is 0 Å². The van der Waals surface area contributed by atoms with Gasteiger partial charge in [0.1, 0.15) is 12.2 Å². The quantitative estimate of drug-likeness (QED) is 0.0892. The summed E-state index contributed by atoms with van der Waals surface area (Å²) in [4.78, 5) is 49.1. The predicted octanol–water partition coefficient (Wildman–Crippen LogP) is 11.6. The van der Waals surface area contributed by atoms with Crippen molar-refractivity contribution in [2.45, 2.75) is 189 Å². The van der Waals surface area contributed by atoms with Gasteiger partial charge in [-0.25, -0.2) is 0 Å². The molecule has 12 unspecified atom stereocenters. The number of carbonyl (C=O) groups excluding carboxylic acids is 4. The molecule has 0 radical (unpaired) electrons. The van der Waals surface area contributed by atoms with Crippen molar-refractivity contribution in [1.29, 1.82) is 0 Å². The Kier molecular flexibility index (Phi) is 28.4. The molecule has 5 aliphatic rings. The number of methoxy groups -OCH3 is 2. The summed E-state index contributed by atoms with van der Waals surface area (Å²) in [5.41, 5.74) is 2.62. The summed E-state index contributed by atoms with van der Waals surface area (Å²) < 4.78 is 35.9. The van der Waals surface area contributed by atoms with Gasteiger partial charge in [0.15, 0.2) is 5.79 Å². The van der Waals surface area contributed by atoms with E-state index in [0.717, 1.165) is 51.4 Å². The molecule has 16 atom stereocenters. The summed E-state index contributed by atoms with van der Waals surface area (Å²) in [6, 6.07) is 0. The molecule has 399 valence electrons. The van der Waals surface area contributed by atoms with E-state index in [1.807, 2.05) is 41.5 Å². The third-order valence-corrected chi connectivity index (χ3v) is 15.4. The van der Waals surface area contributed by atoms with Crippen LogP contribution in [0, 0.1) is 59.2 Å². The molecule has 2 amide bonds. The van der Waals surface area contributed by atoms with Crippen molar-refractivity contribution in [2.24, 2.45) is 59.2 Å². The number of carbonyl (C=O) groups is 4. The molecular formula is C55H90I2N2O10V. The van der Waals surface area contributed by atoms with Crippen LogP contribution < -0.4 is 10.6 Å². The maximum absolute atomic E-state index is 12.7. The van der Waals surface area contributed by atoms with Gasteiger partial charge in [0.05, 0.1) is 49.1 Å². The van der Waals surface area contributed by atoms with Crippen molar-refractivity contribution in [3.05, 3.63) is 47.6 Å². The maximum atomic E-state index is 12.7. The average molecular weight is 1240 g/mol. The van der Waals surface area contributed by atoms with Crippen LogP contribution >= 0.6 is 40.0 Å². The van der Waals surface area contributed by atoms with Crippen LogP contribution in [0.5, 0.6) is 0 Å². The molecule has 1 saturated heterocycles. The van der Waals surface area contributed by atoms with Gasteiger partial charge >= 0.3 is 61.4 Å². The van der Waals surface area contributed by atoms with Gasteiger partial charge in [-0.2, -0.15) is 0 Å². The first-order valence-corrected chi connectivity index (χ1v) is 35.1. The zero-order valence-electron chi connectivity index (χ0n) is 45.0. The first-order valence-electron chi connectivity index (χ1n) is 26.1. The molecule has 0 saturated carbocycles. The van der Waals surface area contributed by atoms with Gasteiger partial charge in [-0.05, 0) is 112 Å². The minimum absolute atomic E-state index is 0.00812. The summed E-state index contributed by atoms with van der Waals surface area (Å²) in [5, 5.41) is 5.36. The fourth-order valence-electron chi connectivity index (χ4n) is 11.1. The zero-order valence-corrected chi connectivity index (χ0v) is 50.7. The third kappa shape index (κ3) is 19.8. The number of hydrogen-bond acceptors (Lipinski definition) is 10. The molecule has 5 rings (SSSR count). The molecule has 0 spiro atoms. The number of esters is 2. The van der Waals surface area contributed by atoms with Crippen LogP contribution in [0.25, 0.3) is 0 Å². The summed E-state index contributed by atoms with van der Waals surface area (Å²) in [7, 11) is 7.30. The summed E-state index contributed by atoms with van der Waals surface area (Å²) in [6.45, 7) is 20.7. The first-order chi connectivity index (χ1) is 33.2. The van der Waals surface area contributed by atoms with Gasteiger partial charge in [0, 0.05) is 53.0 Å². The van der Waals surface area contributed by atoms with E-state index in [4.69, 9.17) is 28.4 Å². The van der Waals surface area contributed by atoms with Gasteiger partial charge in [-0.3, -0.25) is 19.2 Å². The van der Waals surface area contributed by atoms with Crippen molar-refractivity contribution in [2.75, 3.05) is 28.3 Å². The SMILES string of the molecule is CCC(C)C(=O)OC1C[C@@H](C)C=C2C=CC(C)[C@H](CCC(CC(CC(=O)NC)OC)OC)C21.CCC(C)C(=O)OC1C[C@@H](C)C=C2C=CC(C)[C@H](CCC3CC(CC(=O)NC)OC(C)(C)O3)C21.[I][V][I]. The molecule has 0 aromatic heterocycles. The van der Waals surface area contributed by atoms with Crippen molar-refractivity contribution in [3.8, 4) is 0 Å². The zero-order chi connectivity index (χ0) is 52.3. The van der Waals surface area contributed by atoms with E-state index in [9.17, 15) is 19.2 Å². The predicted molar refractivity (Wildman–Crippen MR) is 291 cm³/mol. The van der Waals surface area contributed by atoms with Crippen LogP contribution in [-0.2, 0) is 57.1 Å². The number of nitrogens with one attached hydrogen (secondary N) is 2. The normalized spacial score (nSPS) is 31.4. The van der Waals surface area contributed by atoms with Gasteiger partial charge < -0.3 is 39.1 Å². The average Bonchev–Trinajstić information content (AvgIpc) is 3.31. The second-order valence-corrected chi connectivity index (χ2v) is 33.0. The second-order valence-electron chi connectivity index (χ2n) is 21.2. The van der Waals surface area contributed by atoms with E-state index in [1.165, 1.54) is 11.1 Å². The molecule has 0 aromatic carbocycles. The summed E-state index contributed by atoms with van der Waals surface area (Å²) in [5.74, 6) is 1.72. The Morgan fingerprint density at radius 1 is 0.714 bits per heavy atom. The van der Waals surface area contributed by atoms with Crippen LogP contribution in [0.3, 0.4) is 0 Å². The standard InChI is InChI=1S/C28H45NO5.C27H45NO5.2HI.V/c1-8-18(3)27(31)32-24-14-17(2)13-20-10-9-19(4)23(26(20)24)12-11-21-15-22(16-25(30)29-7)34-28(5,6)33-21;1-8-18(3)27(30)33-24-14-17(2)13-20-10-9-19(4)23(26(20)24)12-11-21(31-6)15-22(32-7)16-25(29)28-5;;;/h9-10,13,17-19,21-24,26H,8,11-12,14-16H2,1-7H3,(H,29,30);9-10,13,17-19,21-24,26H,8,11-12,14-16H2,1-7H3,(H,28,29);2*1H;/q;;;;+2/p-2/t2*17-,18?,19?,21?,22?,23-,24?,26?;;;/m00.../s1. The first kappa shape index (κ1) is 63.0. The van der Waals surface area contributed by atoms with Crippen LogP contribution in [-0.4, -0.2) is 94.5 Å². The monoisotopic (exact) mass is 1240 g/mol. The van der Waals surface area contributed by atoms with E-state index in [2.05, 4.69) is 115 Å². The number of allylic oxidation sites excluding steroid dienone is 6. The van der Waals surface area contributed by atoms with Crippen molar-refractivity contribution >= 4 is 63.7 Å². The molecule has 0 bridgehead atoms. The third-order valence-electron chi connectivity index (χ3n) is 15.4. The fourth-order valence-corrected chi connectivity index (χ4v) is 11.1. The van der Waals surface area contributed by atoms with Crippen LogP contribution in [0.1, 0.15) is 146 Å². The fraction of sp³-hybridized carbons (Fsp3) is 0.782. The molecule has 1 aliphatic heterocycles. The van der Waals surface area contributed by atoms with E-state index in [-0.39, 0.29) is 84.0 Å². The van der Waals surface area contributed by atoms with Gasteiger partial charge in [0.2, 0.25) is 11.8 Å². The van der Waals surface area contributed by atoms with E-state index in [0.29, 0.717) is 70.7 Å². The Hall–Kier alpha value is -1.28. The van der Waals surface area contributed by atoms with Crippen LogP contribution in [0.2, 0.25) is 0 Å². The number of rotatable bonds is 20. The van der Waals surface area contributed by atoms with Gasteiger partial charge in [0.25, 0.3) is 0 Å². The Balaban J connectivity index is 0.000000351. The number of hydrogen-bond donors (Lipinski definition) is 2. The Morgan fingerprint density at radius 2 is 1.17 bits per heavy atom. The molecule has 4 aliphatic carbocycles. The van der Waals surface area contributed by atoms with Crippen molar-refractivity contribution in [1.82, 2.24) is 10.6 Å². The number of amides is 2. The van der Waals surface area contributed by atoms with E-state index in [1.54, 1.807) is 28.3 Å². The molecule has 1 heterocycles. The van der Waals surface area contributed by atoms with Crippen LogP contribution in [0.4, 0.5) is 0 Å². The Bertz CT molecular complexity index is 1780. The van der Waals surface area contributed by atoms with E-state index < -0.39 is 5.79 Å². The van der Waals surface area contributed by atoms with Gasteiger partial charge in [-0.1, -0.05) is 91.8 Å². The Labute approximate surface area is 451 Å². The van der Waals surface area contributed by atoms with E-state index >= 15 is 0 Å². The number of fused-ring (bicyclic) bond motifs is 2. The minimum atomic E-state index is -0.709. The molecule has 1 fully saturated rings. The van der Waals surface area contributed by atoms with Gasteiger partial charge in [-0.15, -0.1) is 0 Å². The number of halogens is 2. The summed E-state index contributed by atoms with van der Waals surface area (Å²) in [6.07, 6.45) is 22.5. The number of ether oxygens (including phenoxy) is 6. The molecular weight excluding hydrogens is 1150 g/mol.